The molecule has 0 aliphatic carbocycles. The highest BCUT2D eigenvalue weighted by molar-refractivity contribution is 6.21. The maximum Gasteiger partial charge on any atom is -0.00262 e. The van der Waals surface area contributed by atoms with Crippen LogP contribution in [0.3, 0.4) is 0 Å². The summed E-state index contributed by atoms with van der Waals surface area (Å²) >= 11 is 0. The zero-order chi connectivity index (χ0) is 37.0. The summed E-state index contributed by atoms with van der Waals surface area (Å²) in [6, 6.07) is 80.3. The Kier molecular flexibility index (Phi) is 7.60. The molecule has 11 aromatic carbocycles. The van der Waals surface area contributed by atoms with Crippen molar-refractivity contribution < 1.29 is 0 Å². The number of rotatable bonds is 5. The van der Waals surface area contributed by atoms with Crippen LogP contribution < -0.4 is 0 Å². The minimum atomic E-state index is 1.22. The van der Waals surface area contributed by atoms with Gasteiger partial charge in [0.15, 0.2) is 0 Å². The second-order valence-corrected chi connectivity index (χ2v) is 14.9. The lowest BCUT2D eigenvalue weighted by Gasteiger charge is -2.18. The van der Waals surface area contributed by atoms with Gasteiger partial charge in [0, 0.05) is 0 Å². The van der Waals surface area contributed by atoms with Crippen molar-refractivity contribution in [3.63, 3.8) is 0 Å². The maximum absolute atomic E-state index is 2.38. The van der Waals surface area contributed by atoms with Gasteiger partial charge in [-0.05, 0) is 128 Å². The van der Waals surface area contributed by atoms with Crippen LogP contribution in [0.5, 0.6) is 0 Å². The Morgan fingerprint density at radius 3 is 1.16 bits per heavy atom. The smallest absolute Gasteiger partial charge is 0.00262 e. The lowest BCUT2D eigenvalue weighted by molar-refractivity contribution is 1.61. The fourth-order valence-electron chi connectivity index (χ4n) is 8.85. The van der Waals surface area contributed by atoms with E-state index in [1.165, 1.54) is 109 Å². The fourth-order valence-corrected chi connectivity index (χ4v) is 8.85. The third-order valence-corrected chi connectivity index (χ3v) is 11.6. The van der Waals surface area contributed by atoms with E-state index < -0.39 is 0 Å². The van der Waals surface area contributed by atoms with Crippen LogP contribution in [0.1, 0.15) is 0 Å². The molecule has 0 bridgehead atoms. The Balaban J connectivity index is 0.997. The number of fused-ring (bicyclic) bond motifs is 5. The Morgan fingerprint density at radius 2 is 0.554 bits per heavy atom. The summed E-state index contributed by atoms with van der Waals surface area (Å²) < 4.78 is 0. The molecule has 0 heterocycles. The van der Waals surface area contributed by atoms with Crippen LogP contribution in [0.4, 0.5) is 0 Å². The monoisotopic (exact) mass is 708 g/mol. The maximum atomic E-state index is 2.38. The summed E-state index contributed by atoms with van der Waals surface area (Å²) in [7, 11) is 0. The van der Waals surface area contributed by atoms with Gasteiger partial charge in [-0.25, -0.2) is 0 Å². The van der Waals surface area contributed by atoms with Crippen molar-refractivity contribution in [1.82, 2.24) is 0 Å². The molecule has 0 spiro atoms. The average Bonchev–Trinajstić information content (AvgIpc) is 3.27. The van der Waals surface area contributed by atoms with Crippen molar-refractivity contribution >= 4 is 53.9 Å². The lowest BCUT2D eigenvalue weighted by Crippen LogP contribution is -1.91. The summed E-state index contributed by atoms with van der Waals surface area (Å²) in [5.74, 6) is 0. The molecule has 11 rings (SSSR count). The van der Waals surface area contributed by atoms with Crippen LogP contribution in [-0.4, -0.2) is 0 Å². The molecule has 0 aliphatic rings. The summed E-state index contributed by atoms with van der Waals surface area (Å²) in [5, 5.41) is 12.6. The molecule has 0 amide bonds. The van der Waals surface area contributed by atoms with Crippen molar-refractivity contribution in [2.24, 2.45) is 0 Å². The molecule has 0 N–H and O–H groups in total. The highest BCUT2D eigenvalue weighted by Gasteiger charge is 2.17. The van der Waals surface area contributed by atoms with E-state index in [0.29, 0.717) is 0 Å². The topological polar surface area (TPSA) is 0 Å². The second-order valence-electron chi connectivity index (χ2n) is 14.9. The van der Waals surface area contributed by atoms with Gasteiger partial charge >= 0.3 is 0 Å². The number of hydrogen-bond donors (Lipinski definition) is 0. The molecule has 0 atom stereocenters. The van der Waals surface area contributed by atoms with E-state index in [9.17, 15) is 0 Å². The van der Waals surface area contributed by atoms with E-state index in [0.717, 1.165) is 0 Å². The Morgan fingerprint density at radius 1 is 0.179 bits per heavy atom. The van der Waals surface area contributed by atoms with Crippen molar-refractivity contribution in [3.8, 4) is 55.6 Å². The summed E-state index contributed by atoms with van der Waals surface area (Å²) in [6.07, 6.45) is 0. The van der Waals surface area contributed by atoms with E-state index in [1.54, 1.807) is 0 Å². The highest BCUT2D eigenvalue weighted by Crippen LogP contribution is 2.45. The molecule has 0 radical (unpaired) electrons. The predicted molar refractivity (Wildman–Crippen MR) is 241 cm³/mol. The molecule has 56 heavy (non-hydrogen) atoms. The summed E-state index contributed by atoms with van der Waals surface area (Å²) in [5.41, 5.74) is 12.4. The second kappa shape index (κ2) is 13.2. The number of hydrogen-bond acceptors (Lipinski definition) is 0. The predicted octanol–water partition coefficient (Wildman–Crippen LogP) is 15.8. The molecule has 0 saturated heterocycles. The van der Waals surface area contributed by atoms with Crippen molar-refractivity contribution in [3.05, 3.63) is 218 Å². The number of benzene rings is 11. The fraction of sp³-hybridized carbons (Fsp3) is 0. The molecule has 260 valence electrons. The average molecular weight is 709 g/mol. The first kappa shape index (κ1) is 32.2. The largest absolute Gasteiger partial charge is 0.0616 e. The molecular weight excluding hydrogens is 673 g/mol. The zero-order valence-corrected chi connectivity index (χ0v) is 30.8. The molecule has 0 nitrogen and oxygen atoms in total. The lowest BCUT2D eigenvalue weighted by atomic mass is 9.85. The van der Waals surface area contributed by atoms with Gasteiger partial charge in [0.2, 0.25) is 0 Å². The molecule has 0 heteroatoms. The highest BCUT2D eigenvalue weighted by atomic mass is 14.2. The van der Waals surface area contributed by atoms with E-state index >= 15 is 0 Å². The SMILES string of the molecule is c1ccc2cc(-c3ccc(-c4ccc5ccc(-c6c7ccccc7c(-c7ccc(-c8cccc9ccccc89)cc7)c7ccccc67)cc5c4)cc3)ccc2c1. The first-order valence-corrected chi connectivity index (χ1v) is 19.4. The van der Waals surface area contributed by atoms with Crippen molar-refractivity contribution in [1.29, 1.82) is 0 Å². The van der Waals surface area contributed by atoms with Crippen LogP contribution in [0.2, 0.25) is 0 Å². The zero-order valence-electron chi connectivity index (χ0n) is 30.8. The van der Waals surface area contributed by atoms with Crippen molar-refractivity contribution in [2.75, 3.05) is 0 Å². The molecule has 0 aliphatic heterocycles. The molecule has 0 aromatic heterocycles. The molecule has 11 aromatic rings. The summed E-state index contributed by atoms with van der Waals surface area (Å²) in [4.78, 5) is 0. The van der Waals surface area contributed by atoms with E-state index in [1.807, 2.05) is 0 Å². The molecular formula is C56H36. The Labute approximate surface area is 326 Å². The standard InChI is InChI=1S/C56H36/c1-2-12-44-34-45(31-24-37(44)10-1)38-20-22-39(23-21-38)46-32-25-40-26-33-47(36-48(40)35-46)56-53-17-7-5-15-51(53)55(52-16-6-8-18-54(52)56)43-29-27-42(28-30-43)50-19-9-13-41-11-3-4-14-49(41)50/h1-36H. The third-order valence-electron chi connectivity index (χ3n) is 11.6. The van der Waals surface area contributed by atoms with Gasteiger partial charge in [-0.2, -0.15) is 0 Å². The van der Waals surface area contributed by atoms with Gasteiger partial charge in [0.05, 0.1) is 0 Å². The Bertz CT molecular complexity index is 3210. The van der Waals surface area contributed by atoms with Crippen LogP contribution >= 0.6 is 0 Å². The molecule has 0 saturated carbocycles. The van der Waals surface area contributed by atoms with Crippen LogP contribution in [-0.2, 0) is 0 Å². The van der Waals surface area contributed by atoms with E-state index in [2.05, 4.69) is 218 Å². The van der Waals surface area contributed by atoms with Gasteiger partial charge < -0.3 is 0 Å². The van der Waals surface area contributed by atoms with Gasteiger partial charge in [0.1, 0.15) is 0 Å². The van der Waals surface area contributed by atoms with Gasteiger partial charge in [-0.1, -0.05) is 200 Å². The quantitative estimate of drug-likeness (QED) is 0.156. The van der Waals surface area contributed by atoms with Crippen molar-refractivity contribution in [2.45, 2.75) is 0 Å². The first-order valence-electron chi connectivity index (χ1n) is 19.4. The summed E-state index contributed by atoms with van der Waals surface area (Å²) in [6.45, 7) is 0. The van der Waals surface area contributed by atoms with Gasteiger partial charge in [-0.3, -0.25) is 0 Å². The Hall–Kier alpha value is -7.28. The molecule has 0 fully saturated rings. The normalized spacial score (nSPS) is 11.6. The van der Waals surface area contributed by atoms with Crippen LogP contribution in [0.25, 0.3) is 109 Å². The van der Waals surface area contributed by atoms with E-state index in [4.69, 9.17) is 0 Å². The first-order chi connectivity index (χ1) is 27.7. The van der Waals surface area contributed by atoms with E-state index in [-0.39, 0.29) is 0 Å². The van der Waals surface area contributed by atoms with Crippen LogP contribution in [0.15, 0.2) is 218 Å². The van der Waals surface area contributed by atoms with Gasteiger partial charge in [-0.15, -0.1) is 0 Å². The third kappa shape index (κ3) is 5.46. The molecule has 0 unspecified atom stereocenters. The minimum Gasteiger partial charge on any atom is -0.0616 e. The van der Waals surface area contributed by atoms with Gasteiger partial charge in [0.25, 0.3) is 0 Å². The van der Waals surface area contributed by atoms with Crippen LogP contribution in [0, 0.1) is 0 Å². The minimum absolute atomic E-state index is 1.22.